The lowest BCUT2D eigenvalue weighted by Crippen LogP contribution is -2.02. The highest BCUT2D eigenvalue weighted by Crippen LogP contribution is 2.29. The Kier molecular flexibility index (Phi) is 3.96. The number of hydrogen-bond donors (Lipinski definition) is 3. The van der Waals surface area contributed by atoms with Gasteiger partial charge in [0.1, 0.15) is 23.8 Å². The Morgan fingerprint density at radius 3 is 2.81 bits per heavy atom. The summed E-state index contributed by atoms with van der Waals surface area (Å²) in [6.45, 7) is -0.599. The molecule has 0 atom stereocenters. The normalized spacial score (nSPS) is 11.2. The lowest BCUT2D eigenvalue weighted by atomic mass is 10.1. The van der Waals surface area contributed by atoms with Crippen LogP contribution in [-0.2, 0) is 13.2 Å². The molecule has 0 aliphatic heterocycles. The molecule has 132 valence electrons. The molecule has 0 aliphatic rings. The second-order valence-corrected chi connectivity index (χ2v) is 5.64. The van der Waals surface area contributed by atoms with Crippen LogP contribution < -0.4 is 5.32 Å². The zero-order valence-corrected chi connectivity index (χ0v) is 13.3. The van der Waals surface area contributed by atoms with Gasteiger partial charge in [0.05, 0.1) is 5.39 Å². The van der Waals surface area contributed by atoms with E-state index in [0.717, 1.165) is 0 Å². The molecule has 0 bridgehead atoms. The topological polar surface area (TPSA) is 99.9 Å². The van der Waals surface area contributed by atoms with Crippen molar-refractivity contribution in [2.75, 3.05) is 5.32 Å². The van der Waals surface area contributed by atoms with Gasteiger partial charge >= 0.3 is 0 Å². The molecule has 0 spiro atoms. The van der Waals surface area contributed by atoms with Crippen LogP contribution in [0.25, 0.3) is 22.6 Å². The number of phenols is 1. The average molecular weight is 357 g/mol. The number of aromatic hydroxyl groups is 1. The van der Waals surface area contributed by atoms with Crippen molar-refractivity contribution in [3.8, 4) is 17.3 Å². The second kappa shape index (κ2) is 6.43. The van der Waals surface area contributed by atoms with E-state index in [1.807, 2.05) is 0 Å². The third kappa shape index (κ3) is 2.83. The smallest absolute Gasteiger partial charge is 0.215 e. The van der Waals surface area contributed by atoms with E-state index in [1.54, 1.807) is 18.2 Å². The van der Waals surface area contributed by atoms with Crippen LogP contribution >= 0.6 is 0 Å². The summed E-state index contributed by atoms with van der Waals surface area (Å²) in [4.78, 5) is 0. The summed E-state index contributed by atoms with van der Waals surface area (Å²) in [6, 6.07) is 9.26. The number of aromatic nitrogens is 4. The quantitative estimate of drug-likeness (QED) is 0.473. The fourth-order valence-corrected chi connectivity index (χ4v) is 2.64. The SMILES string of the molecule is Oc1ccc(NCc2ccc3oc(-c4nnn[nH]4)cc3c2F)cc1CF. The average Bonchev–Trinajstić information content (AvgIpc) is 3.32. The highest BCUT2D eigenvalue weighted by Gasteiger charge is 2.15. The Labute approximate surface area is 145 Å². The first-order valence-electron chi connectivity index (χ1n) is 7.72. The van der Waals surface area contributed by atoms with Crippen molar-refractivity contribution in [3.05, 3.63) is 53.3 Å². The number of fused-ring (bicyclic) bond motifs is 1. The Bertz CT molecular complexity index is 1060. The Morgan fingerprint density at radius 1 is 1.15 bits per heavy atom. The molecule has 0 saturated heterocycles. The third-order valence-corrected chi connectivity index (χ3v) is 4.00. The van der Waals surface area contributed by atoms with Gasteiger partial charge in [-0.1, -0.05) is 6.07 Å². The van der Waals surface area contributed by atoms with Crippen molar-refractivity contribution in [2.24, 2.45) is 0 Å². The van der Waals surface area contributed by atoms with Crippen molar-refractivity contribution in [1.29, 1.82) is 0 Å². The molecule has 0 fully saturated rings. The predicted molar refractivity (Wildman–Crippen MR) is 89.6 cm³/mol. The van der Waals surface area contributed by atoms with Gasteiger partial charge in [-0.15, -0.1) is 5.10 Å². The molecule has 26 heavy (non-hydrogen) atoms. The highest BCUT2D eigenvalue weighted by molar-refractivity contribution is 5.83. The molecule has 0 amide bonds. The van der Waals surface area contributed by atoms with Crippen LogP contribution in [0.15, 0.2) is 40.8 Å². The molecule has 2 heterocycles. The first-order chi connectivity index (χ1) is 12.7. The minimum Gasteiger partial charge on any atom is -0.508 e. The molecular formula is C17H13F2N5O2. The summed E-state index contributed by atoms with van der Waals surface area (Å²) < 4.78 is 33.1. The number of rotatable bonds is 5. The number of anilines is 1. The van der Waals surface area contributed by atoms with Crippen LogP contribution in [0.2, 0.25) is 0 Å². The fraction of sp³-hybridized carbons (Fsp3) is 0.118. The number of H-pyrrole nitrogens is 1. The Balaban J connectivity index is 1.60. The van der Waals surface area contributed by atoms with Crippen LogP contribution in [0.3, 0.4) is 0 Å². The van der Waals surface area contributed by atoms with Crippen molar-refractivity contribution < 1.29 is 18.3 Å². The number of furan rings is 1. The number of alkyl halides is 1. The molecule has 4 rings (SSSR count). The number of nitrogens with one attached hydrogen (secondary N) is 2. The Hall–Kier alpha value is -3.49. The van der Waals surface area contributed by atoms with E-state index in [9.17, 15) is 13.9 Å². The van der Waals surface area contributed by atoms with Gasteiger partial charge in [-0.3, -0.25) is 0 Å². The first-order valence-corrected chi connectivity index (χ1v) is 7.72. The summed E-state index contributed by atoms with van der Waals surface area (Å²) in [7, 11) is 0. The third-order valence-electron chi connectivity index (χ3n) is 4.00. The number of phenolic OH excluding ortho intramolecular Hbond substituents is 1. The summed E-state index contributed by atoms with van der Waals surface area (Å²) in [5.74, 6) is 0.101. The van der Waals surface area contributed by atoms with Crippen LogP contribution in [0.1, 0.15) is 11.1 Å². The standard InChI is InChI=1S/C17H13F2N5O2/c18-7-10-5-11(2-3-13(10)25)20-8-9-1-4-14-12(16(9)19)6-15(26-14)17-21-23-24-22-17/h1-6,20,25H,7-8H2,(H,21,22,23,24). The van der Waals surface area contributed by atoms with Gasteiger partial charge in [-0.05, 0) is 40.8 Å². The van der Waals surface area contributed by atoms with E-state index in [2.05, 4.69) is 25.9 Å². The summed E-state index contributed by atoms with van der Waals surface area (Å²) in [6.07, 6.45) is 0. The molecule has 2 aromatic heterocycles. The zero-order valence-electron chi connectivity index (χ0n) is 13.3. The molecule has 3 N–H and O–H groups in total. The largest absolute Gasteiger partial charge is 0.508 e. The minimum atomic E-state index is -0.782. The minimum absolute atomic E-state index is 0.113. The van der Waals surface area contributed by atoms with Gasteiger partial charge in [-0.2, -0.15) is 0 Å². The lowest BCUT2D eigenvalue weighted by Gasteiger charge is -2.09. The van der Waals surface area contributed by atoms with E-state index >= 15 is 0 Å². The second-order valence-electron chi connectivity index (χ2n) is 5.64. The van der Waals surface area contributed by atoms with Gasteiger partial charge in [0.25, 0.3) is 0 Å². The number of nitrogens with zero attached hydrogens (tertiary/aromatic N) is 3. The monoisotopic (exact) mass is 357 g/mol. The van der Waals surface area contributed by atoms with E-state index in [1.165, 1.54) is 18.2 Å². The zero-order chi connectivity index (χ0) is 18.1. The van der Waals surface area contributed by atoms with Gasteiger partial charge in [0.2, 0.25) is 5.82 Å². The molecule has 0 saturated carbocycles. The predicted octanol–water partition coefficient (Wildman–Crippen LogP) is 3.54. The molecule has 4 aromatic rings. The lowest BCUT2D eigenvalue weighted by molar-refractivity contribution is 0.433. The molecule has 0 radical (unpaired) electrons. The van der Waals surface area contributed by atoms with Crippen LogP contribution in [0.4, 0.5) is 14.5 Å². The van der Waals surface area contributed by atoms with E-state index in [0.29, 0.717) is 33.8 Å². The maximum atomic E-state index is 14.8. The van der Waals surface area contributed by atoms with Gasteiger partial charge < -0.3 is 14.8 Å². The van der Waals surface area contributed by atoms with E-state index in [-0.39, 0.29) is 17.9 Å². The summed E-state index contributed by atoms with van der Waals surface area (Å²) in [5, 5.41) is 26.1. The number of aromatic amines is 1. The van der Waals surface area contributed by atoms with E-state index < -0.39 is 12.5 Å². The molecular weight excluding hydrogens is 344 g/mol. The van der Waals surface area contributed by atoms with Gasteiger partial charge in [0.15, 0.2) is 5.76 Å². The number of tetrazole rings is 1. The Morgan fingerprint density at radius 2 is 2.04 bits per heavy atom. The number of halogens is 2. The molecule has 7 nitrogen and oxygen atoms in total. The van der Waals surface area contributed by atoms with Gasteiger partial charge in [0, 0.05) is 23.4 Å². The van der Waals surface area contributed by atoms with Crippen molar-refractivity contribution in [1.82, 2.24) is 20.6 Å². The number of benzene rings is 2. The number of hydrogen-bond acceptors (Lipinski definition) is 6. The molecule has 0 aliphatic carbocycles. The fourth-order valence-electron chi connectivity index (χ4n) is 2.64. The first kappa shape index (κ1) is 16.0. The maximum absolute atomic E-state index is 14.8. The highest BCUT2D eigenvalue weighted by atomic mass is 19.1. The van der Waals surface area contributed by atoms with Crippen molar-refractivity contribution in [3.63, 3.8) is 0 Å². The maximum Gasteiger partial charge on any atom is 0.215 e. The van der Waals surface area contributed by atoms with Crippen molar-refractivity contribution >= 4 is 16.7 Å². The van der Waals surface area contributed by atoms with Crippen LogP contribution in [0, 0.1) is 5.82 Å². The van der Waals surface area contributed by atoms with Crippen LogP contribution in [-0.4, -0.2) is 25.7 Å². The van der Waals surface area contributed by atoms with E-state index in [4.69, 9.17) is 4.42 Å². The summed E-state index contributed by atoms with van der Waals surface area (Å²) >= 11 is 0. The molecule has 0 unspecified atom stereocenters. The van der Waals surface area contributed by atoms with Crippen LogP contribution in [0.5, 0.6) is 5.75 Å². The summed E-state index contributed by atoms with van der Waals surface area (Å²) in [5.41, 5.74) is 1.54. The van der Waals surface area contributed by atoms with Gasteiger partial charge in [-0.25, -0.2) is 13.9 Å². The molecule has 2 aromatic carbocycles. The molecule has 9 heteroatoms. The van der Waals surface area contributed by atoms with Crippen molar-refractivity contribution in [2.45, 2.75) is 13.2 Å².